The smallest absolute Gasteiger partial charge is 0.196 e. The first kappa shape index (κ1) is 14.8. The molecule has 1 spiro atoms. The number of hydrogen-bond donors (Lipinski definition) is 0. The van der Waals surface area contributed by atoms with Crippen molar-refractivity contribution in [2.75, 3.05) is 20.7 Å². The van der Waals surface area contributed by atoms with E-state index in [9.17, 15) is 4.79 Å². The quantitative estimate of drug-likeness (QED) is 0.798. The van der Waals surface area contributed by atoms with Crippen molar-refractivity contribution in [3.63, 3.8) is 0 Å². The molecule has 1 aromatic carbocycles. The summed E-state index contributed by atoms with van der Waals surface area (Å²) in [5, 5.41) is 0. The molecule has 0 N–H and O–H groups in total. The Morgan fingerprint density at radius 1 is 1.39 bits per heavy atom. The number of fused-ring (bicyclic) bond motifs is 1. The van der Waals surface area contributed by atoms with Crippen LogP contribution in [-0.4, -0.2) is 43.5 Å². The van der Waals surface area contributed by atoms with Gasteiger partial charge in [-0.05, 0) is 51.6 Å². The summed E-state index contributed by atoms with van der Waals surface area (Å²) in [7, 11) is 3.81. The second-order valence-corrected chi connectivity index (χ2v) is 7.09. The molecular formula is C19H23NO3. The number of carbonyl (C=O) groups excluding carboxylic acids is 1. The summed E-state index contributed by atoms with van der Waals surface area (Å²) >= 11 is 0. The topological polar surface area (TPSA) is 38.8 Å². The van der Waals surface area contributed by atoms with Gasteiger partial charge < -0.3 is 14.4 Å². The van der Waals surface area contributed by atoms with Crippen LogP contribution in [0.3, 0.4) is 0 Å². The van der Waals surface area contributed by atoms with Gasteiger partial charge in [-0.1, -0.05) is 12.1 Å². The van der Waals surface area contributed by atoms with Crippen LogP contribution in [-0.2, 0) is 10.2 Å². The second kappa shape index (κ2) is 4.84. The minimum Gasteiger partial charge on any atom is -0.493 e. The monoisotopic (exact) mass is 313 g/mol. The number of nitrogens with zero attached hydrogens (tertiary/aromatic N) is 1. The third kappa shape index (κ3) is 1.73. The Hall–Kier alpha value is -1.81. The molecule has 3 aliphatic rings. The molecule has 1 fully saturated rings. The Bertz CT molecular complexity index is 711. The van der Waals surface area contributed by atoms with Crippen molar-refractivity contribution in [3.05, 3.63) is 35.4 Å². The number of benzene rings is 1. The van der Waals surface area contributed by atoms with Crippen molar-refractivity contribution < 1.29 is 14.3 Å². The minimum atomic E-state index is -0.418. The minimum absolute atomic E-state index is 0.0793. The van der Waals surface area contributed by atoms with Crippen LogP contribution in [0.1, 0.15) is 24.5 Å². The number of likely N-dealkylation sites (tertiary alicyclic amines) is 1. The van der Waals surface area contributed by atoms with Crippen LogP contribution < -0.4 is 9.47 Å². The molecule has 0 amide bonds. The van der Waals surface area contributed by atoms with Crippen LogP contribution in [0.4, 0.5) is 0 Å². The number of rotatable bonds is 1. The molecule has 1 unspecified atom stereocenters. The maximum Gasteiger partial charge on any atom is 0.196 e. The van der Waals surface area contributed by atoms with Gasteiger partial charge in [-0.15, -0.1) is 0 Å². The first-order chi connectivity index (χ1) is 11.0. The van der Waals surface area contributed by atoms with E-state index in [1.807, 2.05) is 6.07 Å². The number of ether oxygens (including phenoxy) is 2. The maximum atomic E-state index is 12.6. The van der Waals surface area contributed by atoms with E-state index in [-0.39, 0.29) is 17.1 Å². The Morgan fingerprint density at radius 3 is 2.91 bits per heavy atom. The van der Waals surface area contributed by atoms with E-state index >= 15 is 0 Å². The molecular weight excluding hydrogens is 290 g/mol. The average molecular weight is 313 g/mol. The standard InChI is InChI=1S/C19H23NO3/c1-11-5-8-15(22-4)17-16(11)19-9-10-20(3)12(2)13(19)6-7-14(21)18(19)23-17/h5-8,12-13,18H,9-10H2,1-4H3/t12?,13-,18-,19-/m0/s1. The number of aryl methyl sites for hydroxylation is 1. The molecule has 23 heavy (non-hydrogen) atoms. The van der Waals surface area contributed by atoms with Gasteiger partial charge in [-0.3, -0.25) is 4.79 Å². The van der Waals surface area contributed by atoms with Gasteiger partial charge in [-0.25, -0.2) is 0 Å². The SMILES string of the molecule is COc1ccc(C)c2c1O[C@H]1C(=O)C=C[C@H]3C(C)N(C)CC[C@]213. The van der Waals surface area contributed by atoms with Crippen LogP contribution in [0, 0.1) is 12.8 Å². The van der Waals surface area contributed by atoms with Crippen molar-refractivity contribution >= 4 is 5.78 Å². The van der Waals surface area contributed by atoms with Crippen LogP contribution in [0.15, 0.2) is 24.3 Å². The van der Waals surface area contributed by atoms with Crippen LogP contribution in [0.5, 0.6) is 11.5 Å². The lowest BCUT2D eigenvalue weighted by molar-refractivity contribution is -0.126. The molecule has 0 bridgehead atoms. The van der Waals surface area contributed by atoms with Crippen molar-refractivity contribution in [3.8, 4) is 11.5 Å². The van der Waals surface area contributed by atoms with Crippen molar-refractivity contribution in [1.29, 1.82) is 0 Å². The molecule has 1 aromatic rings. The highest BCUT2D eigenvalue weighted by Crippen LogP contribution is 2.58. The highest BCUT2D eigenvalue weighted by molar-refractivity contribution is 5.98. The summed E-state index contributed by atoms with van der Waals surface area (Å²) < 4.78 is 11.7. The van der Waals surface area contributed by atoms with Crippen molar-refractivity contribution in [1.82, 2.24) is 4.90 Å². The first-order valence-electron chi connectivity index (χ1n) is 8.27. The van der Waals surface area contributed by atoms with Crippen LogP contribution in [0.25, 0.3) is 0 Å². The molecule has 2 heterocycles. The van der Waals surface area contributed by atoms with E-state index in [1.165, 1.54) is 11.1 Å². The molecule has 2 aliphatic heterocycles. The zero-order valence-corrected chi connectivity index (χ0v) is 14.1. The van der Waals surface area contributed by atoms with Gasteiger partial charge in [0.2, 0.25) is 0 Å². The largest absolute Gasteiger partial charge is 0.493 e. The van der Waals surface area contributed by atoms with E-state index in [0.717, 1.165) is 24.5 Å². The second-order valence-electron chi connectivity index (χ2n) is 7.09. The number of methoxy groups -OCH3 is 1. The van der Waals surface area contributed by atoms with E-state index in [2.05, 4.69) is 37.9 Å². The summed E-state index contributed by atoms with van der Waals surface area (Å²) in [6, 6.07) is 4.39. The van der Waals surface area contributed by atoms with Gasteiger partial charge in [0, 0.05) is 17.5 Å². The average Bonchev–Trinajstić information content (AvgIpc) is 2.89. The molecule has 4 nitrogen and oxygen atoms in total. The van der Waals surface area contributed by atoms with Gasteiger partial charge in [0.1, 0.15) is 0 Å². The molecule has 4 rings (SSSR count). The highest BCUT2D eigenvalue weighted by Gasteiger charge is 2.61. The predicted octanol–water partition coefficient (Wildman–Crippen LogP) is 2.48. The maximum absolute atomic E-state index is 12.6. The van der Waals surface area contributed by atoms with Gasteiger partial charge in [0.25, 0.3) is 0 Å². The fourth-order valence-corrected chi connectivity index (χ4v) is 4.84. The molecule has 1 saturated heterocycles. The molecule has 1 aliphatic carbocycles. The Kier molecular flexibility index (Phi) is 3.11. The summed E-state index contributed by atoms with van der Waals surface area (Å²) in [6.07, 6.45) is 4.34. The lowest BCUT2D eigenvalue weighted by Gasteiger charge is -2.51. The van der Waals surface area contributed by atoms with Gasteiger partial charge in [0.15, 0.2) is 23.4 Å². The zero-order valence-electron chi connectivity index (χ0n) is 14.1. The third-order valence-electron chi connectivity index (χ3n) is 6.13. The van der Waals surface area contributed by atoms with Crippen LogP contribution >= 0.6 is 0 Å². The lowest BCUT2D eigenvalue weighted by Crippen LogP contribution is -2.60. The molecule has 4 heteroatoms. The first-order valence-corrected chi connectivity index (χ1v) is 8.27. The van der Waals surface area contributed by atoms with Crippen molar-refractivity contribution in [2.24, 2.45) is 5.92 Å². The molecule has 4 atom stereocenters. The van der Waals surface area contributed by atoms with E-state index in [1.54, 1.807) is 13.2 Å². The Balaban J connectivity index is 1.98. The molecule has 122 valence electrons. The van der Waals surface area contributed by atoms with Gasteiger partial charge in [-0.2, -0.15) is 0 Å². The normalized spacial score (nSPS) is 35.3. The highest BCUT2D eigenvalue weighted by atomic mass is 16.5. The number of carbonyl (C=O) groups is 1. The molecule has 0 radical (unpaired) electrons. The predicted molar refractivity (Wildman–Crippen MR) is 88.2 cm³/mol. The summed E-state index contributed by atoms with van der Waals surface area (Å²) in [6.45, 7) is 5.33. The lowest BCUT2D eigenvalue weighted by atomic mass is 9.57. The number of piperidine rings is 1. The van der Waals surface area contributed by atoms with Gasteiger partial charge >= 0.3 is 0 Å². The molecule has 0 aromatic heterocycles. The fourth-order valence-electron chi connectivity index (χ4n) is 4.84. The fraction of sp³-hybridized carbons (Fsp3) is 0.526. The Morgan fingerprint density at radius 2 is 2.17 bits per heavy atom. The van der Waals surface area contributed by atoms with Crippen LogP contribution in [0.2, 0.25) is 0 Å². The zero-order chi connectivity index (χ0) is 16.4. The van der Waals surface area contributed by atoms with E-state index in [4.69, 9.17) is 9.47 Å². The Labute approximate surface area is 137 Å². The van der Waals surface area contributed by atoms with Crippen molar-refractivity contribution in [2.45, 2.75) is 37.8 Å². The van der Waals surface area contributed by atoms with E-state index in [0.29, 0.717) is 6.04 Å². The summed E-state index contributed by atoms with van der Waals surface area (Å²) in [5.41, 5.74) is 2.11. The molecule has 0 saturated carbocycles. The summed E-state index contributed by atoms with van der Waals surface area (Å²) in [4.78, 5) is 15.0. The third-order valence-corrected chi connectivity index (χ3v) is 6.13. The number of ketones is 1. The van der Waals surface area contributed by atoms with E-state index < -0.39 is 6.10 Å². The number of hydrogen-bond acceptors (Lipinski definition) is 4. The summed E-state index contributed by atoms with van der Waals surface area (Å²) in [5.74, 6) is 1.86. The van der Waals surface area contributed by atoms with Gasteiger partial charge in [0.05, 0.1) is 12.5 Å².